The van der Waals surface area contributed by atoms with Gasteiger partial charge in [-0.1, -0.05) is 5.16 Å². The zero-order valence-electron chi connectivity index (χ0n) is 11.5. The van der Waals surface area contributed by atoms with Gasteiger partial charge >= 0.3 is 6.01 Å². The van der Waals surface area contributed by atoms with Crippen LogP contribution in [0.5, 0.6) is 6.01 Å². The predicted octanol–water partition coefficient (Wildman–Crippen LogP) is 0.853. The van der Waals surface area contributed by atoms with E-state index in [0.717, 1.165) is 11.5 Å². The number of aromatic nitrogens is 4. The maximum absolute atomic E-state index is 5.42. The van der Waals surface area contributed by atoms with E-state index < -0.39 is 0 Å². The molecule has 0 saturated carbocycles. The molecule has 0 spiro atoms. The van der Waals surface area contributed by atoms with E-state index in [1.807, 2.05) is 26.8 Å². The second-order valence-electron chi connectivity index (χ2n) is 4.36. The summed E-state index contributed by atoms with van der Waals surface area (Å²) in [6.07, 6.45) is -0.0472. The summed E-state index contributed by atoms with van der Waals surface area (Å²) >= 11 is 0. The van der Waals surface area contributed by atoms with Gasteiger partial charge in [0, 0.05) is 6.07 Å². The molecule has 0 atom stereocenters. The first kappa shape index (κ1) is 14.0. The van der Waals surface area contributed by atoms with Crippen LogP contribution < -0.4 is 21.3 Å². The van der Waals surface area contributed by atoms with Gasteiger partial charge in [-0.05, 0) is 20.8 Å². The number of nitrogen functional groups attached to an aromatic ring is 1. The van der Waals surface area contributed by atoms with Crippen LogP contribution in [-0.2, 0) is 6.54 Å². The minimum atomic E-state index is -0.0472. The fourth-order valence-electron chi connectivity index (χ4n) is 1.43. The number of ether oxygens (including phenoxy) is 1. The molecular weight excluding hydrogens is 262 g/mol. The lowest BCUT2D eigenvalue weighted by Crippen LogP contribution is -2.16. The second kappa shape index (κ2) is 6.15. The van der Waals surface area contributed by atoms with Gasteiger partial charge in [-0.15, -0.1) is 0 Å². The van der Waals surface area contributed by atoms with Crippen LogP contribution in [0.2, 0.25) is 0 Å². The third kappa shape index (κ3) is 3.79. The predicted molar refractivity (Wildman–Crippen MR) is 72.0 cm³/mol. The standard InChI is InChI=1S/C11H17N7O2/c1-6(2)19-11-15-9(14-10(16-11)17-12)13-5-8-4-7(3)20-18-8/h4,6H,5,12H2,1-3H3,(H2,13,14,15,16,17). The molecular formula is C11H17N7O2. The van der Waals surface area contributed by atoms with Crippen molar-refractivity contribution >= 4 is 11.9 Å². The lowest BCUT2D eigenvalue weighted by molar-refractivity contribution is 0.222. The summed E-state index contributed by atoms with van der Waals surface area (Å²) in [6, 6.07) is 2.02. The Balaban J connectivity index is 2.09. The van der Waals surface area contributed by atoms with Gasteiger partial charge in [0.1, 0.15) is 11.5 Å². The number of nitrogens with two attached hydrogens (primary N) is 1. The molecule has 0 saturated heterocycles. The average Bonchev–Trinajstić information content (AvgIpc) is 2.81. The Kier molecular flexibility index (Phi) is 4.31. The van der Waals surface area contributed by atoms with Crippen molar-refractivity contribution in [2.45, 2.75) is 33.4 Å². The number of aryl methyl sites for hydroxylation is 1. The number of anilines is 2. The Morgan fingerprint density at radius 1 is 1.30 bits per heavy atom. The Bertz CT molecular complexity index is 570. The quantitative estimate of drug-likeness (QED) is 0.521. The van der Waals surface area contributed by atoms with Crippen molar-refractivity contribution in [3.8, 4) is 6.01 Å². The molecule has 0 aliphatic rings. The monoisotopic (exact) mass is 279 g/mol. The third-order valence-corrected chi connectivity index (χ3v) is 2.19. The highest BCUT2D eigenvalue weighted by Gasteiger charge is 2.09. The molecule has 2 aromatic heterocycles. The molecule has 2 aromatic rings. The molecule has 0 unspecified atom stereocenters. The summed E-state index contributed by atoms with van der Waals surface area (Å²) in [5.74, 6) is 6.61. The summed E-state index contributed by atoms with van der Waals surface area (Å²) in [7, 11) is 0. The molecule has 2 rings (SSSR count). The summed E-state index contributed by atoms with van der Waals surface area (Å²) in [4.78, 5) is 12.2. The molecule has 2 heterocycles. The van der Waals surface area contributed by atoms with Crippen LogP contribution in [0.4, 0.5) is 11.9 Å². The number of hydrogen-bond donors (Lipinski definition) is 3. The molecule has 9 heteroatoms. The fourth-order valence-corrected chi connectivity index (χ4v) is 1.43. The molecule has 0 amide bonds. The summed E-state index contributed by atoms with van der Waals surface area (Å²) < 4.78 is 10.4. The van der Waals surface area contributed by atoms with Gasteiger partial charge in [0.05, 0.1) is 12.6 Å². The number of hydrogen-bond acceptors (Lipinski definition) is 9. The van der Waals surface area contributed by atoms with Crippen LogP contribution in [0.25, 0.3) is 0 Å². The number of hydrazine groups is 1. The first-order valence-corrected chi connectivity index (χ1v) is 6.12. The van der Waals surface area contributed by atoms with Crippen LogP contribution in [0.1, 0.15) is 25.3 Å². The van der Waals surface area contributed by atoms with E-state index in [1.165, 1.54) is 0 Å². The summed E-state index contributed by atoms with van der Waals surface area (Å²) in [6.45, 7) is 6.01. The van der Waals surface area contributed by atoms with Crippen molar-refractivity contribution < 1.29 is 9.26 Å². The minimum Gasteiger partial charge on any atom is -0.461 e. The smallest absolute Gasteiger partial charge is 0.323 e. The number of nitrogens with zero attached hydrogens (tertiary/aromatic N) is 4. The molecule has 20 heavy (non-hydrogen) atoms. The van der Waals surface area contributed by atoms with Gasteiger partial charge in [-0.2, -0.15) is 15.0 Å². The average molecular weight is 279 g/mol. The van der Waals surface area contributed by atoms with Gasteiger partial charge in [-0.25, -0.2) is 5.84 Å². The second-order valence-corrected chi connectivity index (χ2v) is 4.36. The minimum absolute atomic E-state index is 0.0472. The van der Waals surface area contributed by atoms with Gasteiger partial charge in [0.25, 0.3) is 0 Å². The number of nitrogens with one attached hydrogen (secondary N) is 2. The third-order valence-electron chi connectivity index (χ3n) is 2.19. The normalized spacial score (nSPS) is 10.7. The zero-order chi connectivity index (χ0) is 14.5. The van der Waals surface area contributed by atoms with Crippen LogP contribution in [-0.4, -0.2) is 26.2 Å². The van der Waals surface area contributed by atoms with Crippen molar-refractivity contribution in [3.63, 3.8) is 0 Å². The first-order valence-electron chi connectivity index (χ1n) is 6.12. The number of rotatable bonds is 6. The topological polar surface area (TPSA) is 124 Å². The Hall–Kier alpha value is -2.42. The van der Waals surface area contributed by atoms with Gasteiger partial charge in [-0.3, -0.25) is 5.43 Å². The maximum atomic E-state index is 5.42. The van der Waals surface area contributed by atoms with E-state index in [2.05, 4.69) is 30.9 Å². The van der Waals surface area contributed by atoms with Gasteiger partial charge in [0.2, 0.25) is 11.9 Å². The maximum Gasteiger partial charge on any atom is 0.323 e. The van der Waals surface area contributed by atoms with E-state index in [1.54, 1.807) is 0 Å². The van der Waals surface area contributed by atoms with Crippen molar-refractivity contribution in [2.75, 3.05) is 10.7 Å². The van der Waals surface area contributed by atoms with E-state index >= 15 is 0 Å². The SMILES string of the molecule is Cc1cc(CNc2nc(NN)nc(OC(C)C)n2)no1. The van der Waals surface area contributed by atoms with Crippen molar-refractivity contribution in [1.29, 1.82) is 0 Å². The molecule has 0 radical (unpaired) electrons. The van der Waals surface area contributed by atoms with E-state index in [-0.39, 0.29) is 18.1 Å². The Labute approximate surface area is 115 Å². The molecule has 0 aliphatic carbocycles. The zero-order valence-corrected chi connectivity index (χ0v) is 11.5. The molecule has 0 aliphatic heterocycles. The van der Waals surface area contributed by atoms with Gasteiger partial charge < -0.3 is 14.6 Å². The molecule has 0 aromatic carbocycles. The summed E-state index contributed by atoms with van der Waals surface area (Å²) in [5.41, 5.74) is 3.11. The van der Waals surface area contributed by atoms with Gasteiger partial charge in [0.15, 0.2) is 0 Å². The fraction of sp³-hybridized carbons (Fsp3) is 0.455. The largest absolute Gasteiger partial charge is 0.461 e. The Morgan fingerprint density at radius 3 is 2.65 bits per heavy atom. The highest BCUT2D eigenvalue weighted by atomic mass is 16.5. The molecule has 4 N–H and O–H groups in total. The van der Waals surface area contributed by atoms with Crippen LogP contribution >= 0.6 is 0 Å². The van der Waals surface area contributed by atoms with Crippen LogP contribution in [0.3, 0.4) is 0 Å². The first-order chi connectivity index (χ1) is 9.56. The summed E-state index contributed by atoms with van der Waals surface area (Å²) in [5, 5.41) is 6.87. The molecule has 9 nitrogen and oxygen atoms in total. The van der Waals surface area contributed by atoms with Crippen molar-refractivity contribution in [2.24, 2.45) is 5.84 Å². The van der Waals surface area contributed by atoms with Crippen LogP contribution in [0, 0.1) is 6.92 Å². The van der Waals surface area contributed by atoms with Crippen molar-refractivity contribution in [3.05, 3.63) is 17.5 Å². The van der Waals surface area contributed by atoms with E-state index in [0.29, 0.717) is 12.5 Å². The van der Waals surface area contributed by atoms with Crippen molar-refractivity contribution in [1.82, 2.24) is 20.1 Å². The Morgan fingerprint density at radius 2 is 2.05 bits per heavy atom. The lowest BCUT2D eigenvalue weighted by atomic mass is 10.4. The highest BCUT2D eigenvalue weighted by Crippen LogP contribution is 2.12. The molecule has 0 bridgehead atoms. The lowest BCUT2D eigenvalue weighted by Gasteiger charge is -2.10. The highest BCUT2D eigenvalue weighted by molar-refractivity contribution is 5.35. The molecule has 108 valence electrons. The van der Waals surface area contributed by atoms with E-state index in [9.17, 15) is 0 Å². The van der Waals surface area contributed by atoms with Crippen LogP contribution in [0.15, 0.2) is 10.6 Å². The van der Waals surface area contributed by atoms with E-state index in [4.69, 9.17) is 15.1 Å². The molecule has 0 fully saturated rings.